The largest absolute Gasteiger partial charge is 0.472 e. The third-order valence-electron chi connectivity index (χ3n) is 6.54. The molecule has 2 aromatic carbocycles. The quantitative estimate of drug-likeness (QED) is 0.527. The number of aliphatic hydroxyl groups is 1. The second-order valence-electron chi connectivity index (χ2n) is 9.51. The van der Waals surface area contributed by atoms with Crippen LogP contribution in [0.25, 0.3) is 11.1 Å². The second kappa shape index (κ2) is 11.1. The molecular formula is C28H31F2N3O3. The number of aromatic nitrogens is 1. The molecule has 36 heavy (non-hydrogen) atoms. The van der Waals surface area contributed by atoms with Crippen LogP contribution in [0.3, 0.4) is 0 Å². The molecule has 1 N–H and O–H groups in total. The number of ether oxygens (including phenoxy) is 1. The summed E-state index contributed by atoms with van der Waals surface area (Å²) in [7, 11) is 1.93. The minimum absolute atomic E-state index is 0.0842. The number of rotatable bonds is 7. The van der Waals surface area contributed by atoms with Crippen LogP contribution in [0.2, 0.25) is 0 Å². The fourth-order valence-electron chi connectivity index (χ4n) is 4.48. The van der Waals surface area contributed by atoms with Crippen LogP contribution in [0, 0.1) is 17.6 Å². The van der Waals surface area contributed by atoms with Gasteiger partial charge in [-0.15, -0.1) is 0 Å². The Morgan fingerprint density at radius 2 is 1.94 bits per heavy atom. The number of hydrogen-bond donors (Lipinski definition) is 1. The number of benzene rings is 2. The highest BCUT2D eigenvalue weighted by molar-refractivity contribution is 5.98. The molecule has 0 saturated carbocycles. The van der Waals surface area contributed by atoms with E-state index in [9.17, 15) is 18.7 Å². The Kier molecular flexibility index (Phi) is 7.96. The average molecular weight is 496 g/mol. The van der Waals surface area contributed by atoms with Gasteiger partial charge in [0.1, 0.15) is 23.3 Å². The molecule has 0 saturated heterocycles. The second-order valence-corrected chi connectivity index (χ2v) is 9.51. The smallest absolute Gasteiger partial charge is 0.259 e. The van der Waals surface area contributed by atoms with Gasteiger partial charge in [-0.05, 0) is 43.8 Å². The van der Waals surface area contributed by atoms with Crippen molar-refractivity contribution >= 4 is 5.91 Å². The predicted octanol–water partition coefficient (Wildman–Crippen LogP) is 4.38. The highest BCUT2D eigenvalue weighted by Gasteiger charge is 2.34. The Hall–Kier alpha value is -3.36. The summed E-state index contributed by atoms with van der Waals surface area (Å²) in [6, 6.07) is 14.0. The summed E-state index contributed by atoms with van der Waals surface area (Å²) in [5.74, 6) is -0.933. The lowest BCUT2D eigenvalue weighted by Gasteiger charge is -2.37. The Morgan fingerprint density at radius 3 is 2.67 bits per heavy atom. The van der Waals surface area contributed by atoms with Gasteiger partial charge in [-0.25, -0.2) is 13.8 Å². The number of likely N-dealkylation sites (N-methyl/N-ethyl adjacent to an activating group) is 1. The number of carbonyl (C=O) groups excluding carboxylic acids is 1. The topological polar surface area (TPSA) is 65.9 Å². The number of aliphatic hydroxyl groups excluding tert-OH is 1. The molecule has 8 heteroatoms. The van der Waals surface area contributed by atoms with Gasteiger partial charge in [0.05, 0.1) is 12.6 Å². The summed E-state index contributed by atoms with van der Waals surface area (Å²) in [4.78, 5) is 21.6. The van der Waals surface area contributed by atoms with E-state index in [4.69, 9.17) is 4.74 Å². The van der Waals surface area contributed by atoms with Crippen molar-refractivity contribution in [1.82, 2.24) is 14.8 Å². The van der Waals surface area contributed by atoms with Crippen molar-refractivity contribution in [2.24, 2.45) is 5.92 Å². The standard InChI is InChI=1S/C28H31F2N3O3/c1-18-14-33(19(2)17-34)28(35)24-12-21(23-9-4-5-10-25(23)30)13-31-27(24)36-26(18)16-32(3)15-20-7-6-8-22(29)11-20/h4-13,18-19,26,34H,14-17H2,1-3H3/t18-,19+,26+/m0/s1. The lowest BCUT2D eigenvalue weighted by Crippen LogP contribution is -2.49. The monoisotopic (exact) mass is 495 g/mol. The number of nitrogens with zero attached hydrogens (tertiary/aromatic N) is 3. The van der Waals surface area contributed by atoms with E-state index in [2.05, 4.69) is 4.98 Å². The molecule has 1 aliphatic rings. The summed E-state index contributed by atoms with van der Waals surface area (Å²) in [5, 5.41) is 9.84. The first-order valence-electron chi connectivity index (χ1n) is 12.0. The zero-order valence-corrected chi connectivity index (χ0v) is 20.7. The molecule has 1 aliphatic heterocycles. The molecule has 0 fully saturated rings. The van der Waals surface area contributed by atoms with Gasteiger partial charge in [0.25, 0.3) is 5.91 Å². The van der Waals surface area contributed by atoms with Crippen molar-refractivity contribution in [2.75, 3.05) is 26.7 Å². The first-order valence-corrected chi connectivity index (χ1v) is 12.0. The maximum Gasteiger partial charge on any atom is 0.259 e. The van der Waals surface area contributed by atoms with Gasteiger partial charge < -0.3 is 14.7 Å². The van der Waals surface area contributed by atoms with Crippen molar-refractivity contribution in [3.05, 3.63) is 83.6 Å². The molecule has 1 amide bonds. The van der Waals surface area contributed by atoms with Crippen molar-refractivity contribution in [3.63, 3.8) is 0 Å². The Balaban J connectivity index is 1.66. The molecular weight excluding hydrogens is 464 g/mol. The number of pyridine rings is 1. The molecule has 190 valence electrons. The molecule has 3 aromatic rings. The molecule has 0 aliphatic carbocycles. The lowest BCUT2D eigenvalue weighted by atomic mass is 9.99. The fraction of sp³-hybridized carbons (Fsp3) is 0.357. The third kappa shape index (κ3) is 5.71. The molecule has 4 rings (SSSR count). The maximum absolute atomic E-state index is 14.5. The van der Waals surface area contributed by atoms with E-state index in [-0.39, 0.29) is 41.8 Å². The highest BCUT2D eigenvalue weighted by Crippen LogP contribution is 2.31. The number of fused-ring (bicyclic) bond motifs is 1. The highest BCUT2D eigenvalue weighted by atomic mass is 19.1. The first-order chi connectivity index (χ1) is 17.3. The Bertz CT molecular complexity index is 1220. The van der Waals surface area contributed by atoms with E-state index in [1.165, 1.54) is 24.4 Å². The van der Waals surface area contributed by atoms with E-state index in [1.54, 1.807) is 42.2 Å². The first kappa shape index (κ1) is 25.7. The normalized spacial score (nSPS) is 18.9. The molecule has 0 unspecified atom stereocenters. The average Bonchev–Trinajstić information content (AvgIpc) is 2.86. The van der Waals surface area contributed by atoms with Crippen LogP contribution in [0.5, 0.6) is 5.88 Å². The Labute approximate surface area is 210 Å². The minimum atomic E-state index is -0.423. The van der Waals surface area contributed by atoms with E-state index >= 15 is 0 Å². The van der Waals surface area contributed by atoms with Crippen LogP contribution in [-0.2, 0) is 6.54 Å². The molecule has 6 nitrogen and oxygen atoms in total. The van der Waals surface area contributed by atoms with Gasteiger partial charge in [0, 0.05) is 42.9 Å². The van der Waals surface area contributed by atoms with Crippen LogP contribution in [-0.4, -0.2) is 64.7 Å². The van der Waals surface area contributed by atoms with Crippen LogP contribution < -0.4 is 4.74 Å². The van der Waals surface area contributed by atoms with E-state index in [0.29, 0.717) is 30.8 Å². The van der Waals surface area contributed by atoms with Crippen LogP contribution in [0.4, 0.5) is 8.78 Å². The number of amides is 1. The van der Waals surface area contributed by atoms with Crippen LogP contribution in [0.15, 0.2) is 60.8 Å². The summed E-state index contributed by atoms with van der Waals surface area (Å²) < 4.78 is 34.4. The van der Waals surface area contributed by atoms with E-state index in [0.717, 1.165) is 5.56 Å². The van der Waals surface area contributed by atoms with Gasteiger partial charge in [0.15, 0.2) is 0 Å². The molecule has 0 spiro atoms. The molecule has 0 bridgehead atoms. The van der Waals surface area contributed by atoms with E-state index < -0.39 is 11.9 Å². The van der Waals surface area contributed by atoms with Crippen molar-refractivity contribution in [2.45, 2.75) is 32.5 Å². The van der Waals surface area contributed by atoms with Gasteiger partial charge in [-0.3, -0.25) is 9.69 Å². The van der Waals surface area contributed by atoms with Gasteiger partial charge >= 0.3 is 0 Å². The zero-order chi connectivity index (χ0) is 25.8. The minimum Gasteiger partial charge on any atom is -0.472 e. The van der Waals surface area contributed by atoms with Crippen LogP contribution >= 0.6 is 0 Å². The Morgan fingerprint density at radius 1 is 1.17 bits per heavy atom. The number of carbonyl (C=O) groups is 1. The summed E-state index contributed by atoms with van der Waals surface area (Å²) >= 11 is 0. The SMILES string of the molecule is C[C@H](CO)N1C[C@H](C)[C@@H](CN(C)Cc2cccc(F)c2)Oc2ncc(-c3ccccc3F)cc2C1=O. The van der Waals surface area contributed by atoms with Crippen molar-refractivity contribution < 1.29 is 23.4 Å². The molecule has 3 atom stereocenters. The van der Waals surface area contributed by atoms with Crippen molar-refractivity contribution in [1.29, 1.82) is 0 Å². The van der Waals surface area contributed by atoms with E-state index in [1.807, 2.05) is 24.9 Å². The summed E-state index contributed by atoms with van der Waals surface area (Å²) in [6.45, 7) is 4.97. The van der Waals surface area contributed by atoms with Crippen molar-refractivity contribution in [3.8, 4) is 17.0 Å². The predicted molar refractivity (Wildman–Crippen MR) is 134 cm³/mol. The fourth-order valence-corrected chi connectivity index (χ4v) is 4.48. The summed E-state index contributed by atoms with van der Waals surface area (Å²) in [5.41, 5.74) is 1.87. The van der Waals surface area contributed by atoms with Gasteiger partial charge in [-0.1, -0.05) is 37.3 Å². The van der Waals surface area contributed by atoms with Gasteiger partial charge in [0.2, 0.25) is 5.88 Å². The molecule has 0 radical (unpaired) electrons. The van der Waals surface area contributed by atoms with Gasteiger partial charge in [-0.2, -0.15) is 0 Å². The van der Waals surface area contributed by atoms with Crippen LogP contribution in [0.1, 0.15) is 29.8 Å². The lowest BCUT2D eigenvalue weighted by molar-refractivity contribution is 0.0325. The summed E-state index contributed by atoms with van der Waals surface area (Å²) in [6.07, 6.45) is 1.17. The number of hydrogen-bond acceptors (Lipinski definition) is 5. The number of halogens is 2. The zero-order valence-electron chi connectivity index (χ0n) is 20.7. The molecule has 1 aromatic heterocycles. The third-order valence-corrected chi connectivity index (χ3v) is 6.54. The maximum atomic E-state index is 14.5. The molecule has 2 heterocycles.